The van der Waals surface area contributed by atoms with Crippen molar-refractivity contribution in [1.29, 1.82) is 0 Å². The number of carbonyl (C=O) groups excluding carboxylic acids is 1. The summed E-state index contributed by atoms with van der Waals surface area (Å²) in [5.41, 5.74) is 3.48. The first-order valence-corrected chi connectivity index (χ1v) is 8.31. The van der Waals surface area contributed by atoms with E-state index in [-0.39, 0.29) is 11.0 Å². The summed E-state index contributed by atoms with van der Waals surface area (Å²) in [7, 11) is 0. The van der Waals surface area contributed by atoms with Gasteiger partial charge >= 0.3 is 0 Å². The molecule has 2 aromatic rings. The summed E-state index contributed by atoms with van der Waals surface area (Å²) in [4.78, 5) is 12.3. The van der Waals surface area contributed by atoms with E-state index in [9.17, 15) is 4.79 Å². The van der Waals surface area contributed by atoms with Crippen molar-refractivity contribution in [3.63, 3.8) is 0 Å². The number of benzene rings is 2. The van der Waals surface area contributed by atoms with Crippen molar-refractivity contribution in [2.45, 2.75) is 20.8 Å². The predicted octanol–water partition coefficient (Wildman–Crippen LogP) is 4.48. The second kappa shape index (κ2) is 8.13. The Labute approximate surface area is 152 Å². The second-order valence-electron chi connectivity index (χ2n) is 5.30. The monoisotopic (exact) mass is 362 g/mol. The molecule has 2 N–H and O–H groups in total. The Kier molecular flexibility index (Phi) is 6.17. The summed E-state index contributed by atoms with van der Waals surface area (Å²) in [6.45, 7) is 6.38. The molecular formula is C18H19ClN2O2S. The number of hydrogen-bond acceptors (Lipinski definition) is 3. The van der Waals surface area contributed by atoms with Gasteiger partial charge in [-0.25, -0.2) is 0 Å². The van der Waals surface area contributed by atoms with Gasteiger partial charge in [0.1, 0.15) is 5.75 Å². The van der Waals surface area contributed by atoms with E-state index in [0.717, 1.165) is 16.8 Å². The van der Waals surface area contributed by atoms with Crippen LogP contribution in [0.1, 0.15) is 28.4 Å². The summed E-state index contributed by atoms with van der Waals surface area (Å²) in [5, 5.41) is 6.29. The van der Waals surface area contributed by atoms with E-state index in [2.05, 4.69) is 10.6 Å². The number of aryl methyl sites for hydroxylation is 2. The SMILES string of the molecule is CCOc1ccc(C(=O)NC(=S)Nc2ccc(C)cc2C)cc1Cl. The van der Waals surface area contributed by atoms with Gasteiger partial charge in [0.15, 0.2) is 5.11 Å². The summed E-state index contributed by atoms with van der Waals surface area (Å²) < 4.78 is 5.35. The van der Waals surface area contributed by atoms with E-state index in [1.807, 2.05) is 39.0 Å². The van der Waals surface area contributed by atoms with Gasteiger partial charge < -0.3 is 10.1 Å². The van der Waals surface area contributed by atoms with Crippen molar-refractivity contribution < 1.29 is 9.53 Å². The standard InChI is InChI=1S/C18H19ClN2O2S/c1-4-23-16-8-6-13(10-14(16)19)17(22)21-18(24)20-15-7-5-11(2)9-12(15)3/h5-10H,4H2,1-3H3,(H2,20,21,22,24). The molecule has 0 heterocycles. The van der Waals surface area contributed by atoms with Crippen LogP contribution in [0.25, 0.3) is 0 Å². The van der Waals surface area contributed by atoms with Gasteiger partial charge in [-0.2, -0.15) is 0 Å². The molecule has 24 heavy (non-hydrogen) atoms. The predicted molar refractivity (Wildman–Crippen MR) is 102 cm³/mol. The highest BCUT2D eigenvalue weighted by Gasteiger charge is 2.11. The lowest BCUT2D eigenvalue weighted by Gasteiger charge is -2.13. The van der Waals surface area contributed by atoms with Gasteiger partial charge in [-0.05, 0) is 62.8 Å². The van der Waals surface area contributed by atoms with E-state index in [0.29, 0.717) is 22.9 Å². The Morgan fingerprint density at radius 3 is 2.58 bits per heavy atom. The van der Waals surface area contributed by atoms with Crippen molar-refractivity contribution in [3.8, 4) is 5.75 Å². The average Bonchev–Trinajstić information content (AvgIpc) is 2.52. The number of ether oxygens (including phenoxy) is 1. The zero-order valence-electron chi connectivity index (χ0n) is 13.8. The number of amides is 1. The molecular weight excluding hydrogens is 344 g/mol. The Balaban J connectivity index is 2.03. The normalized spacial score (nSPS) is 10.2. The van der Waals surface area contributed by atoms with Crippen LogP contribution in [0.3, 0.4) is 0 Å². The Morgan fingerprint density at radius 1 is 1.21 bits per heavy atom. The van der Waals surface area contributed by atoms with Gasteiger partial charge in [-0.15, -0.1) is 0 Å². The molecule has 0 aromatic heterocycles. The number of anilines is 1. The third-order valence-electron chi connectivity index (χ3n) is 3.35. The fourth-order valence-electron chi connectivity index (χ4n) is 2.20. The zero-order chi connectivity index (χ0) is 17.7. The molecule has 1 amide bonds. The quantitative estimate of drug-likeness (QED) is 0.787. The van der Waals surface area contributed by atoms with Gasteiger partial charge in [0.05, 0.1) is 11.6 Å². The van der Waals surface area contributed by atoms with E-state index in [1.54, 1.807) is 18.2 Å². The largest absolute Gasteiger partial charge is 0.492 e. The van der Waals surface area contributed by atoms with Crippen LogP contribution in [0.4, 0.5) is 5.69 Å². The van der Waals surface area contributed by atoms with Crippen LogP contribution in [0.2, 0.25) is 5.02 Å². The maximum absolute atomic E-state index is 12.3. The fourth-order valence-corrected chi connectivity index (χ4v) is 2.64. The second-order valence-corrected chi connectivity index (χ2v) is 6.12. The van der Waals surface area contributed by atoms with Crippen LogP contribution >= 0.6 is 23.8 Å². The lowest BCUT2D eigenvalue weighted by atomic mass is 10.1. The van der Waals surface area contributed by atoms with Gasteiger partial charge in [0, 0.05) is 11.3 Å². The molecule has 0 unspecified atom stereocenters. The molecule has 0 aliphatic rings. The smallest absolute Gasteiger partial charge is 0.257 e. The van der Waals surface area contributed by atoms with Crippen LogP contribution in [-0.2, 0) is 0 Å². The first-order chi connectivity index (χ1) is 11.4. The van der Waals surface area contributed by atoms with Gasteiger partial charge in [0.25, 0.3) is 5.91 Å². The maximum atomic E-state index is 12.3. The van der Waals surface area contributed by atoms with E-state index in [4.69, 9.17) is 28.6 Å². The van der Waals surface area contributed by atoms with Crippen LogP contribution in [0, 0.1) is 13.8 Å². The topological polar surface area (TPSA) is 50.4 Å². The van der Waals surface area contributed by atoms with Crippen LogP contribution < -0.4 is 15.4 Å². The van der Waals surface area contributed by atoms with E-state index >= 15 is 0 Å². The molecule has 0 saturated heterocycles. The van der Waals surface area contributed by atoms with Gasteiger partial charge in [-0.1, -0.05) is 29.3 Å². The Bertz CT molecular complexity index is 778. The maximum Gasteiger partial charge on any atom is 0.257 e. The third kappa shape index (κ3) is 4.69. The lowest BCUT2D eigenvalue weighted by Crippen LogP contribution is -2.34. The molecule has 6 heteroatoms. The van der Waals surface area contributed by atoms with Gasteiger partial charge in [0.2, 0.25) is 0 Å². The van der Waals surface area contributed by atoms with E-state index in [1.165, 1.54) is 0 Å². The number of hydrogen-bond donors (Lipinski definition) is 2. The highest BCUT2D eigenvalue weighted by atomic mass is 35.5. The van der Waals surface area contributed by atoms with Crippen LogP contribution in [-0.4, -0.2) is 17.6 Å². The molecule has 4 nitrogen and oxygen atoms in total. The molecule has 2 aromatic carbocycles. The highest BCUT2D eigenvalue weighted by Crippen LogP contribution is 2.25. The average molecular weight is 363 g/mol. The third-order valence-corrected chi connectivity index (χ3v) is 3.85. The minimum atomic E-state index is -0.331. The first-order valence-electron chi connectivity index (χ1n) is 7.52. The number of carbonyl (C=O) groups is 1. The highest BCUT2D eigenvalue weighted by molar-refractivity contribution is 7.80. The number of thiocarbonyl (C=S) groups is 1. The Morgan fingerprint density at radius 2 is 1.96 bits per heavy atom. The molecule has 126 valence electrons. The summed E-state index contributed by atoms with van der Waals surface area (Å²) in [6, 6.07) is 10.8. The molecule has 2 rings (SSSR count). The van der Waals surface area contributed by atoms with Crippen molar-refractivity contribution in [2.24, 2.45) is 0 Å². The molecule has 0 atom stereocenters. The number of nitrogens with one attached hydrogen (secondary N) is 2. The Hall–Kier alpha value is -2.11. The summed E-state index contributed by atoms with van der Waals surface area (Å²) in [6.07, 6.45) is 0. The summed E-state index contributed by atoms with van der Waals surface area (Å²) >= 11 is 11.3. The number of rotatable bonds is 4. The molecule has 0 aliphatic carbocycles. The van der Waals surface area contributed by atoms with Crippen molar-refractivity contribution in [3.05, 3.63) is 58.1 Å². The molecule has 0 spiro atoms. The molecule has 0 saturated carbocycles. The zero-order valence-corrected chi connectivity index (χ0v) is 15.3. The van der Waals surface area contributed by atoms with Crippen LogP contribution in [0.5, 0.6) is 5.75 Å². The first kappa shape index (κ1) is 18.2. The van der Waals surface area contributed by atoms with Crippen molar-refractivity contribution in [1.82, 2.24) is 5.32 Å². The summed E-state index contributed by atoms with van der Waals surface area (Å²) in [5.74, 6) is 0.217. The minimum absolute atomic E-state index is 0.233. The molecule has 0 bridgehead atoms. The van der Waals surface area contributed by atoms with E-state index < -0.39 is 0 Å². The van der Waals surface area contributed by atoms with Crippen LogP contribution in [0.15, 0.2) is 36.4 Å². The van der Waals surface area contributed by atoms with Crippen molar-refractivity contribution in [2.75, 3.05) is 11.9 Å². The molecule has 0 aliphatic heterocycles. The molecule has 0 fully saturated rings. The lowest BCUT2D eigenvalue weighted by molar-refractivity contribution is 0.0977. The fraction of sp³-hybridized carbons (Fsp3) is 0.222. The minimum Gasteiger partial charge on any atom is -0.492 e. The van der Waals surface area contributed by atoms with Gasteiger partial charge in [-0.3, -0.25) is 10.1 Å². The molecule has 0 radical (unpaired) electrons. The number of halogens is 1. The van der Waals surface area contributed by atoms with Crippen molar-refractivity contribution >= 4 is 40.5 Å².